The van der Waals surface area contributed by atoms with E-state index in [0.717, 1.165) is 20.8 Å². The third-order valence-electron chi connectivity index (χ3n) is 3.69. The lowest BCUT2D eigenvalue weighted by atomic mass is 9.97. The average Bonchev–Trinajstić information content (AvgIpc) is 2.63. The molecular weight excluding hydrogens is 461 g/mol. The second-order valence-electron chi connectivity index (χ2n) is 6.16. The van der Waals surface area contributed by atoms with E-state index >= 15 is 0 Å². The van der Waals surface area contributed by atoms with Crippen LogP contribution in [0, 0.1) is 0 Å². The van der Waals surface area contributed by atoms with Crippen molar-refractivity contribution in [3.63, 3.8) is 0 Å². The maximum Gasteiger partial charge on any atom is 0.465 e. The minimum atomic E-state index is -6.35. The van der Waals surface area contributed by atoms with Gasteiger partial charge in [-0.3, -0.25) is 14.4 Å². The number of hydrogen-bond acceptors (Lipinski definition) is 10. The topological polar surface area (TPSA) is 163 Å². The number of esters is 4. The third kappa shape index (κ3) is 6.65. The second-order valence-corrected chi connectivity index (χ2v) is 6.16. The maximum atomic E-state index is 13.4. The minimum absolute atomic E-state index is 0.720. The lowest BCUT2D eigenvalue weighted by Gasteiger charge is -2.43. The van der Waals surface area contributed by atoms with Crippen molar-refractivity contribution in [2.45, 2.75) is 63.5 Å². The van der Waals surface area contributed by atoms with Gasteiger partial charge in [0, 0.05) is 25.7 Å². The fourth-order valence-corrected chi connectivity index (χ4v) is 2.47. The van der Waals surface area contributed by atoms with Crippen molar-refractivity contribution in [1.29, 1.82) is 0 Å². The lowest BCUT2D eigenvalue weighted by molar-refractivity contribution is -0.294. The van der Waals surface area contributed by atoms with Gasteiger partial charge < -0.3 is 23.7 Å². The van der Waals surface area contributed by atoms with E-state index in [-0.39, 0.29) is 0 Å². The van der Waals surface area contributed by atoms with Crippen molar-refractivity contribution in [2.75, 3.05) is 6.61 Å². The normalized spacial score (nSPS) is 25.7. The molecule has 1 aliphatic rings. The van der Waals surface area contributed by atoms with E-state index in [2.05, 4.69) is 19.5 Å². The van der Waals surface area contributed by atoms with Crippen LogP contribution in [0.1, 0.15) is 20.8 Å². The average molecular weight is 477 g/mol. The van der Waals surface area contributed by atoms with E-state index in [1.807, 2.05) is 0 Å². The first-order chi connectivity index (χ1) is 14.6. The van der Waals surface area contributed by atoms with Gasteiger partial charge in [-0.25, -0.2) is 4.79 Å². The van der Waals surface area contributed by atoms with Crippen LogP contribution < -0.4 is 0 Å². The Morgan fingerprint density at radius 2 is 1.44 bits per heavy atom. The number of carbonyl (C=O) groups is 4. The summed E-state index contributed by atoms with van der Waals surface area (Å²) in [6.45, 7) is 1.89. The number of nitrogens with zero attached hydrogens (tertiary/aromatic N) is 3. The van der Waals surface area contributed by atoms with Gasteiger partial charge in [-0.1, -0.05) is 5.11 Å². The summed E-state index contributed by atoms with van der Waals surface area (Å²) in [5, 5.41) is 2.99. The Morgan fingerprint density at radius 1 is 0.906 bits per heavy atom. The number of carbonyl (C=O) groups excluding carboxylic acids is 4. The Hall–Kier alpha value is -3.20. The fraction of sp³-hybridized carbons (Fsp3) is 0.733. The third-order valence-corrected chi connectivity index (χ3v) is 3.69. The largest absolute Gasteiger partial charge is 0.465 e. The van der Waals surface area contributed by atoms with Crippen LogP contribution in [0.25, 0.3) is 10.4 Å². The van der Waals surface area contributed by atoms with Gasteiger partial charge in [0.1, 0.15) is 12.7 Å². The van der Waals surface area contributed by atoms with Gasteiger partial charge in [0.2, 0.25) is 0 Å². The van der Waals surface area contributed by atoms with Gasteiger partial charge in [-0.2, -0.15) is 22.0 Å². The van der Waals surface area contributed by atoms with Crippen LogP contribution in [0.5, 0.6) is 0 Å². The number of azide groups is 1. The molecule has 1 fully saturated rings. The lowest BCUT2D eigenvalue weighted by Crippen LogP contribution is -2.63. The molecule has 1 aliphatic heterocycles. The minimum Gasteiger partial charge on any atom is -0.463 e. The summed E-state index contributed by atoms with van der Waals surface area (Å²) in [6.07, 6.45) is -16.4. The molecule has 0 aromatic heterocycles. The molecule has 180 valence electrons. The predicted molar refractivity (Wildman–Crippen MR) is 86.4 cm³/mol. The highest BCUT2D eigenvalue weighted by molar-refractivity contribution is 5.79. The summed E-state index contributed by atoms with van der Waals surface area (Å²) < 4.78 is 88.0. The number of hydrogen-bond donors (Lipinski definition) is 0. The van der Waals surface area contributed by atoms with Gasteiger partial charge >= 0.3 is 36.0 Å². The summed E-state index contributed by atoms with van der Waals surface area (Å²) in [6, 6.07) is 0. The fourth-order valence-electron chi connectivity index (χ4n) is 2.47. The molecule has 0 bridgehead atoms. The van der Waals surface area contributed by atoms with E-state index in [4.69, 9.17) is 19.7 Å². The van der Waals surface area contributed by atoms with Crippen LogP contribution in [-0.4, -0.2) is 73.2 Å². The van der Waals surface area contributed by atoms with Gasteiger partial charge in [0.05, 0.1) is 0 Å². The molecule has 1 heterocycles. The summed E-state index contributed by atoms with van der Waals surface area (Å²) in [4.78, 5) is 47.9. The van der Waals surface area contributed by atoms with Crippen LogP contribution in [-0.2, 0) is 42.9 Å². The van der Waals surface area contributed by atoms with E-state index in [0.29, 0.717) is 0 Å². The zero-order chi connectivity index (χ0) is 24.9. The summed E-state index contributed by atoms with van der Waals surface area (Å²) in [5.74, 6) is -12.2. The van der Waals surface area contributed by atoms with Crippen LogP contribution in [0.2, 0.25) is 0 Å². The Balaban J connectivity index is 3.45. The summed E-state index contributed by atoms with van der Waals surface area (Å²) in [5.41, 5.74) is 8.67. The van der Waals surface area contributed by atoms with E-state index in [1.165, 1.54) is 0 Å². The monoisotopic (exact) mass is 477 g/mol. The molecular formula is C15H16F5N3O9. The molecule has 0 aliphatic carbocycles. The molecule has 17 heteroatoms. The SMILES string of the molecule is CC(=O)OC[C@H]1O[C@H](N=[N+]=[N-])[C@@H](OC(=O)C(F)(F)C(F)(F)F)[C@@H](OC(C)=O)[C@@H]1OC(C)=O. The number of ether oxygens (including phenoxy) is 5. The first kappa shape index (κ1) is 26.8. The van der Waals surface area contributed by atoms with Gasteiger partial charge in [0.25, 0.3) is 0 Å². The molecule has 32 heavy (non-hydrogen) atoms. The van der Waals surface area contributed by atoms with Crippen molar-refractivity contribution in [2.24, 2.45) is 5.11 Å². The first-order valence-corrected chi connectivity index (χ1v) is 8.44. The molecule has 0 amide bonds. The zero-order valence-corrected chi connectivity index (χ0v) is 16.5. The molecule has 0 saturated carbocycles. The Kier molecular flexibility index (Phi) is 8.73. The molecule has 0 aromatic carbocycles. The number of rotatable bonds is 7. The molecule has 0 aromatic rings. The Bertz CT molecular complexity index is 800. The van der Waals surface area contributed by atoms with Crippen molar-refractivity contribution in [3.8, 4) is 0 Å². The molecule has 5 atom stereocenters. The first-order valence-electron chi connectivity index (χ1n) is 8.44. The Morgan fingerprint density at radius 3 is 1.88 bits per heavy atom. The summed E-state index contributed by atoms with van der Waals surface area (Å²) in [7, 11) is 0. The van der Waals surface area contributed by atoms with Gasteiger partial charge in [0.15, 0.2) is 24.5 Å². The molecule has 1 rings (SSSR count). The van der Waals surface area contributed by atoms with Gasteiger partial charge in [-0.05, 0) is 5.53 Å². The van der Waals surface area contributed by atoms with Crippen molar-refractivity contribution in [1.82, 2.24) is 0 Å². The molecule has 0 N–H and O–H groups in total. The smallest absolute Gasteiger partial charge is 0.463 e. The highest BCUT2D eigenvalue weighted by Gasteiger charge is 2.66. The van der Waals surface area contributed by atoms with E-state index in [9.17, 15) is 41.1 Å². The Labute approximate surface area is 175 Å². The highest BCUT2D eigenvalue weighted by atomic mass is 19.4. The quantitative estimate of drug-likeness (QED) is 0.132. The van der Waals surface area contributed by atoms with E-state index < -0.39 is 73.2 Å². The summed E-state index contributed by atoms with van der Waals surface area (Å²) >= 11 is 0. The standard InChI is InChI=1S/C15H16F5N3O9/c1-5(24)28-4-8-9(29-6(2)25)10(30-7(3)26)11(12(31-8)22-23-21)32-13(27)14(16,17)15(18,19)20/h8-12H,4H2,1-3H3/t8-,9-,10+,11+,12+/m1/s1. The molecule has 0 spiro atoms. The van der Waals surface area contributed by atoms with Gasteiger partial charge in [-0.15, -0.1) is 0 Å². The number of alkyl halides is 5. The highest BCUT2D eigenvalue weighted by Crippen LogP contribution is 2.38. The number of halogens is 5. The van der Waals surface area contributed by atoms with Crippen LogP contribution in [0.15, 0.2) is 5.11 Å². The molecule has 12 nitrogen and oxygen atoms in total. The van der Waals surface area contributed by atoms with Crippen molar-refractivity contribution < 1.29 is 64.8 Å². The zero-order valence-electron chi connectivity index (χ0n) is 16.5. The van der Waals surface area contributed by atoms with Crippen molar-refractivity contribution >= 4 is 23.9 Å². The predicted octanol–water partition coefficient (Wildman–Crippen LogP) is 1.56. The maximum absolute atomic E-state index is 13.4. The van der Waals surface area contributed by atoms with Crippen LogP contribution >= 0.6 is 0 Å². The molecule has 0 unspecified atom stereocenters. The van der Waals surface area contributed by atoms with Crippen LogP contribution in [0.4, 0.5) is 22.0 Å². The van der Waals surface area contributed by atoms with E-state index in [1.54, 1.807) is 0 Å². The molecule has 0 radical (unpaired) electrons. The van der Waals surface area contributed by atoms with Crippen molar-refractivity contribution in [3.05, 3.63) is 10.4 Å². The van der Waals surface area contributed by atoms with Crippen LogP contribution in [0.3, 0.4) is 0 Å². The molecule has 1 saturated heterocycles. The second kappa shape index (κ2) is 10.4.